The van der Waals surface area contributed by atoms with E-state index in [9.17, 15) is 9.59 Å². The molecule has 1 unspecified atom stereocenters. The number of benzene rings is 2. The number of aryl methyl sites for hydroxylation is 3. The molecule has 1 N–H and O–H groups in total. The molecule has 2 aliphatic rings. The van der Waals surface area contributed by atoms with E-state index in [1.807, 2.05) is 45.0 Å². The maximum Gasteiger partial charge on any atom is 0.325 e. The number of para-hydroxylation sites is 1. The van der Waals surface area contributed by atoms with Gasteiger partial charge in [-0.3, -0.25) is 9.69 Å². The lowest BCUT2D eigenvalue weighted by atomic mass is 9.84. The van der Waals surface area contributed by atoms with Gasteiger partial charge in [0.25, 0.3) is 5.91 Å². The summed E-state index contributed by atoms with van der Waals surface area (Å²) in [6.07, 6.45) is 0.441. The van der Waals surface area contributed by atoms with Crippen molar-refractivity contribution in [3.05, 3.63) is 64.2 Å². The quantitative estimate of drug-likeness (QED) is 0.845. The zero-order valence-corrected chi connectivity index (χ0v) is 15.3. The molecule has 0 radical (unpaired) electrons. The molecule has 0 saturated carbocycles. The van der Waals surface area contributed by atoms with Gasteiger partial charge in [-0.1, -0.05) is 35.9 Å². The Balaban J connectivity index is 1.72. The second kappa shape index (κ2) is 5.87. The number of nitrogens with zero attached hydrogens (tertiary/aromatic N) is 1. The molecule has 4 rings (SSSR count). The molecule has 5 heteroatoms. The van der Waals surface area contributed by atoms with Gasteiger partial charge in [0.05, 0.1) is 13.2 Å². The molecule has 0 aliphatic carbocycles. The highest BCUT2D eigenvalue weighted by Gasteiger charge is 2.54. The van der Waals surface area contributed by atoms with Crippen LogP contribution in [0.15, 0.2) is 36.4 Å². The summed E-state index contributed by atoms with van der Waals surface area (Å²) in [6, 6.07) is 11.3. The van der Waals surface area contributed by atoms with Crippen LogP contribution in [-0.2, 0) is 16.9 Å². The summed E-state index contributed by atoms with van der Waals surface area (Å²) >= 11 is 0. The van der Waals surface area contributed by atoms with Crippen LogP contribution in [0.25, 0.3) is 0 Å². The first-order chi connectivity index (χ1) is 12.4. The molecule has 2 aromatic carbocycles. The van der Waals surface area contributed by atoms with Gasteiger partial charge in [0.2, 0.25) is 0 Å². The fraction of sp³-hybridized carbons (Fsp3) is 0.333. The highest BCUT2D eigenvalue weighted by Crippen LogP contribution is 2.41. The Labute approximate surface area is 153 Å². The Bertz CT molecular complexity index is 898. The number of carbonyl (C=O) groups is 2. The average molecular weight is 350 g/mol. The summed E-state index contributed by atoms with van der Waals surface area (Å²) in [4.78, 5) is 27.4. The van der Waals surface area contributed by atoms with Crippen LogP contribution in [0.3, 0.4) is 0 Å². The second-order valence-electron chi connectivity index (χ2n) is 7.20. The molecule has 3 amide bonds. The standard InChI is InChI=1S/C21H22N2O3/c1-13-10-14(2)16(15(3)11-13)12-23-19(24)21(22-20(23)25)8-9-26-18-7-5-4-6-17(18)21/h4-7,10-11H,8-9,12H2,1-3H3,(H,22,25). The third kappa shape index (κ3) is 2.38. The molecule has 2 heterocycles. The van der Waals surface area contributed by atoms with Crippen LogP contribution in [0.2, 0.25) is 0 Å². The van der Waals surface area contributed by atoms with E-state index in [4.69, 9.17) is 4.74 Å². The zero-order valence-electron chi connectivity index (χ0n) is 15.3. The summed E-state index contributed by atoms with van der Waals surface area (Å²) in [5, 5.41) is 2.95. The summed E-state index contributed by atoms with van der Waals surface area (Å²) < 4.78 is 5.68. The predicted molar refractivity (Wildman–Crippen MR) is 98.0 cm³/mol. The van der Waals surface area contributed by atoms with Crippen LogP contribution in [-0.4, -0.2) is 23.4 Å². The Morgan fingerprint density at radius 3 is 2.54 bits per heavy atom. The minimum atomic E-state index is -1.02. The topological polar surface area (TPSA) is 58.6 Å². The summed E-state index contributed by atoms with van der Waals surface area (Å²) in [5.74, 6) is 0.467. The van der Waals surface area contributed by atoms with Crippen molar-refractivity contribution in [2.24, 2.45) is 0 Å². The predicted octanol–water partition coefficient (Wildman–Crippen LogP) is 3.34. The van der Waals surface area contributed by atoms with Crippen LogP contribution in [0, 0.1) is 20.8 Å². The molecular formula is C21H22N2O3. The van der Waals surface area contributed by atoms with Crippen molar-refractivity contribution in [2.45, 2.75) is 39.3 Å². The first-order valence-corrected chi connectivity index (χ1v) is 8.85. The van der Waals surface area contributed by atoms with Gasteiger partial charge >= 0.3 is 6.03 Å². The van der Waals surface area contributed by atoms with Gasteiger partial charge in [0, 0.05) is 12.0 Å². The van der Waals surface area contributed by atoms with Crippen molar-refractivity contribution in [3.63, 3.8) is 0 Å². The Kier molecular flexibility index (Phi) is 3.75. The highest BCUT2D eigenvalue weighted by atomic mass is 16.5. The molecular weight excluding hydrogens is 328 g/mol. The molecule has 1 atom stereocenters. The number of rotatable bonds is 2. The SMILES string of the molecule is Cc1cc(C)c(CN2C(=O)NC3(CCOc4ccccc43)C2=O)c(C)c1. The Morgan fingerprint density at radius 1 is 1.12 bits per heavy atom. The number of carbonyl (C=O) groups excluding carboxylic acids is 2. The van der Waals surface area contributed by atoms with Crippen molar-refractivity contribution in [1.82, 2.24) is 10.2 Å². The van der Waals surface area contributed by atoms with Crippen LogP contribution < -0.4 is 10.1 Å². The molecule has 134 valence electrons. The maximum absolute atomic E-state index is 13.3. The number of imide groups is 1. The molecule has 1 spiro atoms. The fourth-order valence-corrected chi connectivity index (χ4v) is 4.13. The van der Waals surface area contributed by atoms with E-state index in [0.717, 1.165) is 22.3 Å². The van der Waals surface area contributed by atoms with Crippen molar-refractivity contribution in [2.75, 3.05) is 6.61 Å². The number of hydrogen-bond acceptors (Lipinski definition) is 3. The summed E-state index contributed by atoms with van der Waals surface area (Å²) in [5.41, 5.74) is 4.11. The number of hydrogen-bond donors (Lipinski definition) is 1. The first kappa shape index (κ1) is 16.6. The minimum Gasteiger partial charge on any atom is -0.493 e. The van der Waals surface area contributed by atoms with Crippen LogP contribution in [0.5, 0.6) is 5.75 Å². The third-order valence-electron chi connectivity index (χ3n) is 5.41. The largest absolute Gasteiger partial charge is 0.493 e. The number of amides is 3. The van der Waals surface area contributed by atoms with Gasteiger partial charge in [-0.05, 0) is 43.5 Å². The van der Waals surface area contributed by atoms with Crippen LogP contribution >= 0.6 is 0 Å². The molecule has 0 aromatic heterocycles. The van der Waals surface area contributed by atoms with E-state index in [1.165, 1.54) is 10.5 Å². The van der Waals surface area contributed by atoms with E-state index < -0.39 is 5.54 Å². The number of urea groups is 1. The van der Waals surface area contributed by atoms with Crippen LogP contribution in [0.4, 0.5) is 4.79 Å². The molecule has 1 fully saturated rings. The fourth-order valence-electron chi connectivity index (χ4n) is 4.13. The molecule has 0 bridgehead atoms. The zero-order chi connectivity index (χ0) is 18.5. The lowest BCUT2D eigenvalue weighted by molar-refractivity contribution is -0.133. The maximum atomic E-state index is 13.3. The highest BCUT2D eigenvalue weighted by molar-refractivity contribution is 6.07. The van der Waals surface area contributed by atoms with Gasteiger partial charge in [0.1, 0.15) is 5.75 Å². The molecule has 5 nitrogen and oxygen atoms in total. The minimum absolute atomic E-state index is 0.197. The summed E-state index contributed by atoms with van der Waals surface area (Å²) in [7, 11) is 0. The lowest BCUT2D eigenvalue weighted by Gasteiger charge is -2.33. The van der Waals surface area contributed by atoms with Crippen molar-refractivity contribution >= 4 is 11.9 Å². The van der Waals surface area contributed by atoms with E-state index in [0.29, 0.717) is 18.8 Å². The summed E-state index contributed by atoms with van der Waals surface area (Å²) in [6.45, 7) is 6.78. The first-order valence-electron chi connectivity index (χ1n) is 8.85. The second-order valence-corrected chi connectivity index (χ2v) is 7.20. The van der Waals surface area contributed by atoms with Crippen molar-refractivity contribution in [1.29, 1.82) is 0 Å². The normalized spacial score (nSPS) is 21.6. The van der Waals surface area contributed by atoms with E-state index >= 15 is 0 Å². The number of fused-ring (bicyclic) bond motifs is 2. The van der Waals surface area contributed by atoms with Crippen molar-refractivity contribution in [3.8, 4) is 5.75 Å². The Hall–Kier alpha value is -2.82. The van der Waals surface area contributed by atoms with Crippen LogP contribution in [0.1, 0.15) is 34.2 Å². The molecule has 2 aromatic rings. The van der Waals surface area contributed by atoms with E-state index in [-0.39, 0.29) is 18.5 Å². The molecule has 26 heavy (non-hydrogen) atoms. The van der Waals surface area contributed by atoms with Gasteiger partial charge < -0.3 is 10.1 Å². The smallest absolute Gasteiger partial charge is 0.325 e. The molecule has 1 saturated heterocycles. The van der Waals surface area contributed by atoms with Crippen molar-refractivity contribution < 1.29 is 14.3 Å². The van der Waals surface area contributed by atoms with Gasteiger partial charge in [0.15, 0.2) is 5.54 Å². The van der Waals surface area contributed by atoms with E-state index in [1.54, 1.807) is 0 Å². The number of ether oxygens (including phenoxy) is 1. The van der Waals surface area contributed by atoms with Gasteiger partial charge in [-0.15, -0.1) is 0 Å². The average Bonchev–Trinajstić information content (AvgIpc) is 2.83. The van der Waals surface area contributed by atoms with Gasteiger partial charge in [-0.2, -0.15) is 0 Å². The Morgan fingerprint density at radius 2 is 1.81 bits per heavy atom. The monoisotopic (exact) mass is 350 g/mol. The van der Waals surface area contributed by atoms with Gasteiger partial charge in [-0.25, -0.2) is 4.79 Å². The number of nitrogens with one attached hydrogen (secondary N) is 1. The lowest BCUT2D eigenvalue weighted by Crippen LogP contribution is -2.47. The van der Waals surface area contributed by atoms with E-state index in [2.05, 4.69) is 17.4 Å². The molecule has 2 aliphatic heterocycles. The third-order valence-corrected chi connectivity index (χ3v) is 5.41.